The van der Waals surface area contributed by atoms with Crippen LogP contribution in [0.3, 0.4) is 0 Å². The van der Waals surface area contributed by atoms with Crippen LogP contribution in [0.5, 0.6) is 11.5 Å². The summed E-state index contributed by atoms with van der Waals surface area (Å²) in [5.41, 5.74) is 1.21. The summed E-state index contributed by atoms with van der Waals surface area (Å²) in [6.07, 6.45) is 4.47. The third-order valence-electron chi connectivity index (χ3n) is 2.61. The van der Waals surface area contributed by atoms with Gasteiger partial charge in [-0.3, -0.25) is 0 Å². The van der Waals surface area contributed by atoms with E-state index < -0.39 is 0 Å². The van der Waals surface area contributed by atoms with Crippen molar-refractivity contribution in [3.63, 3.8) is 0 Å². The first kappa shape index (κ1) is 13.9. The molecule has 0 amide bonds. The molecule has 0 N–H and O–H groups in total. The molecular weight excluding hydrogens is 211 g/mol. The summed E-state index contributed by atoms with van der Waals surface area (Å²) in [5, 5.41) is 0. The molecule has 0 unspecified atom stereocenters. The van der Waals surface area contributed by atoms with E-state index in [9.17, 15) is 0 Å². The van der Waals surface area contributed by atoms with Gasteiger partial charge < -0.3 is 9.47 Å². The van der Waals surface area contributed by atoms with Crippen molar-refractivity contribution >= 4 is 13.3 Å². The molecule has 0 heterocycles. The van der Waals surface area contributed by atoms with Gasteiger partial charge in [0.15, 0.2) is 11.5 Å². The van der Waals surface area contributed by atoms with Crippen LogP contribution >= 0.6 is 0 Å². The van der Waals surface area contributed by atoms with Crippen molar-refractivity contribution in [2.75, 3.05) is 13.2 Å². The van der Waals surface area contributed by atoms with E-state index in [4.69, 9.17) is 9.47 Å². The molecular formula is C14H23BO2. The molecule has 1 aromatic carbocycles. The van der Waals surface area contributed by atoms with Crippen LogP contribution < -0.4 is 14.9 Å². The topological polar surface area (TPSA) is 18.5 Å². The number of benzene rings is 1. The highest BCUT2D eigenvalue weighted by molar-refractivity contribution is 6.32. The van der Waals surface area contributed by atoms with Crippen LogP contribution in [0, 0.1) is 0 Å². The quantitative estimate of drug-likeness (QED) is 0.507. The van der Waals surface area contributed by atoms with E-state index in [1.54, 1.807) is 0 Å². The molecule has 0 bridgehead atoms. The van der Waals surface area contributed by atoms with Crippen LogP contribution in [0.1, 0.15) is 39.5 Å². The predicted molar refractivity (Wildman–Crippen MR) is 75.4 cm³/mol. The van der Waals surface area contributed by atoms with Gasteiger partial charge in [0.25, 0.3) is 0 Å². The molecule has 0 aliphatic carbocycles. The van der Waals surface area contributed by atoms with Crippen molar-refractivity contribution in [3.05, 3.63) is 18.2 Å². The third kappa shape index (κ3) is 5.16. The van der Waals surface area contributed by atoms with E-state index in [1.807, 2.05) is 6.07 Å². The summed E-state index contributed by atoms with van der Waals surface area (Å²) in [4.78, 5) is 0. The number of rotatable bonds is 8. The average Bonchev–Trinajstić information content (AvgIpc) is 2.32. The Morgan fingerprint density at radius 1 is 0.941 bits per heavy atom. The molecule has 0 atom stereocenters. The zero-order chi connectivity index (χ0) is 12.5. The van der Waals surface area contributed by atoms with E-state index in [1.165, 1.54) is 5.46 Å². The van der Waals surface area contributed by atoms with Gasteiger partial charge in [0.1, 0.15) is 7.85 Å². The van der Waals surface area contributed by atoms with Crippen LogP contribution in [0.15, 0.2) is 18.2 Å². The SMILES string of the molecule is Bc1ccc(OCCCC)c(OCCCC)c1. The maximum atomic E-state index is 5.76. The van der Waals surface area contributed by atoms with Crippen molar-refractivity contribution < 1.29 is 9.47 Å². The second kappa shape index (κ2) is 8.05. The van der Waals surface area contributed by atoms with E-state index in [2.05, 4.69) is 33.8 Å². The van der Waals surface area contributed by atoms with Crippen LogP contribution in [0.4, 0.5) is 0 Å². The molecule has 0 spiro atoms. The molecule has 1 aromatic rings. The second-order valence-electron chi connectivity index (χ2n) is 4.35. The lowest BCUT2D eigenvalue weighted by Gasteiger charge is -2.13. The summed E-state index contributed by atoms with van der Waals surface area (Å²) < 4.78 is 11.5. The van der Waals surface area contributed by atoms with E-state index in [0.29, 0.717) is 0 Å². The normalized spacial score (nSPS) is 10.2. The Hall–Kier alpha value is -1.12. The first-order valence-electron chi connectivity index (χ1n) is 6.64. The number of ether oxygens (including phenoxy) is 2. The highest BCUT2D eigenvalue weighted by Crippen LogP contribution is 2.25. The fraction of sp³-hybridized carbons (Fsp3) is 0.571. The average molecular weight is 234 g/mol. The van der Waals surface area contributed by atoms with Gasteiger partial charge in [-0.1, -0.05) is 38.2 Å². The van der Waals surface area contributed by atoms with E-state index in [-0.39, 0.29) is 0 Å². The molecule has 94 valence electrons. The molecule has 0 saturated heterocycles. The molecule has 0 aliphatic rings. The molecule has 0 fully saturated rings. The van der Waals surface area contributed by atoms with Crippen LogP contribution in [0.2, 0.25) is 0 Å². The number of hydrogen-bond donors (Lipinski definition) is 0. The summed E-state index contributed by atoms with van der Waals surface area (Å²) >= 11 is 0. The molecule has 1 rings (SSSR count). The Morgan fingerprint density at radius 2 is 1.53 bits per heavy atom. The van der Waals surface area contributed by atoms with Crippen LogP contribution in [0.25, 0.3) is 0 Å². The predicted octanol–water partition coefficient (Wildman–Crippen LogP) is 2.30. The Balaban J connectivity index is 2.59. The lowest BCUT2D eigenvalue weighted by molar-refractivity contribution is 0.262. The summed E-state index contributed by atoms with van der Waals surface area (Å²) in [7, 11) is 2.07. The second-order valence-corrected chi connectivity index (χ2v) is 4.35. The maximum absolute atomic E-state index is 5.76. The standard InChI is InChI=1S/C14H23BO2/c1-3-5-9-16-13-8-7-12(15)11-14(13)17-10-6-4-2/h7-8,11H,3-6,9-10,15H2,1-2H3. The van der Waals surface area contributed by atoms with Gasteiger partial charge in [0, 0.05) is 0 Å². The first-order valence-corrected chi connectivity index (χ1v) is 6.64. The number of unbranched alkanes of at least 4 members (excludes halogenated alkanes) is 2. The zero-order valence-electron chi connectivity index (χ0n) is 11.3. The highest BCUT2D eigenvalue weighted by atomic mass is 16.5. The first-order chi connectivity index (χ1) is 8.27. The Bertz CT molecular complexity index is 326. The molecule has 0 radical (unpaired) electrons. The van der Waals surface area contributed by atoms with Crippen molar-refractivity contribution in [3.8, 4) is 11.5 Å². The zero-order valence-corrected chi connectivity index (χ0v) is 11.3. The fourth-order valence-electron chi connectivity index (χ4n) is 1.50. The lowest BCUT2D eigenvalue weighted by Crippen LogP contribution is -2.07. The molecule has 0 aliphatic heterocycles. The fourth-order valence-corrected chi connectivity index (χ4v) is 1.50. The van der Waals surface area contributed by atoms with Gasteiger partial charge >= 0.3 is 0 Å². The molecule has 0 aromatic heterocycles. The van der Waals surface area contributed by atoms with Gasteiger partial charge in [-0.05, 0) is 25.0 Å². The molecule has 3 heteroatoms. The third-order valence-corrected chi connectivity index (χ3v) is 2.61. The lowest BCUT2D eigenvalue weighted by atomic mass is 9.96. The summed E-state index contributed by atoms with van der Waals surface area (Å²) in [6.45, 7) is 5.86. The van der Waals surface area contributed by atoms with Crippen LogP contribution in [-0.2, 0) is 0 Å². The minimum absolute atomic E-state index is 0.768. The van der Waals surface area contributed by atoms with Gasteiger partial charge in [-0.15, -0.1) is 0 Å². The highest BCUT2D eigenvalue weighted by Gasteiger charge is 2.05. The van der Waals surface area contributed by atoms with Crippen molar-refractivity contribution in [1.29, 1.82) is 0 Å². The monoisotopic (exact) mass is 234 g/mol. The maximum Gasteiger partial charge on any atom is 0.161 e. The Kier molecular flexibility index (Phi) is 6.60. The Morgan fingerprint density at radius 3 is 2.12 bits per heavy atom. The largest absolute Gasteiger partial charge is 0.490 e. The smallest absolute Gasteiger partial charge is 0.161 e. The van der Waals surface area contributed by atoms with Crippen molar-refractivity contribution in [2.45, 2.75) is 39.5 Å². The van der Waals surface area contributed by atoms with Crippen molar-refractivity contribution in [2.24, 2.45) is 0 Å². The van der Waals surface area contributed by atoms with Gasteiger partial charge in [0.2, 0.25) is 0 Å². The minimum Gasteiger partial charge on any atom is -0.490 e. The van der Waals surface area contributed by atoms with E-state index in [0.717, 1.165) is 50.4 Å². The summed E-state index contributed by atoms with van der Waals surface area (Å²) in [5.74, 6) is 1.76. The molecule has 17 heavy (non-hydrogen) atoms. The Labute approximate surface area is 106 Å². The van der Waals surface area contributed by atoms with E-state index >= 15 is 0 Å². The van der Waals surface area contributed by atoms with Crippen LogP contribution in [-0.4, -0.2) is 21.1 Å². The van der Waals surface area contributed by atoms with Crippen molar-refractivity contribution in [1.82, 2.24) is 0 Å². The molecule has 0 saturated carbocycles. The summed E-state index contributed by atoms with van der Waals surface area (Å²) in [6, 6.07) is 6.12. The minimum atomic E-state index is 0.768. The van der Waals surface area contributed by atoms with Gasteiger partial charge in [-0.25, -0.2) is 0 Å². The van der Waals surface area contributed by atoms with Gasteiger partial charge in [-0.2, -0.15) is 0 Å². The van der Waals surface area contributed by atoms with Gasteiger partial charge in [0.05, 0.1) is 13.2 Å². The number of hydrogen-bond acceptors (Lipinski definition) is 2. The molecule has 2 nitrogen and oxygen atoms in total.